The van der Waals surface area contributed by atoms with E-state index < -0.39 is 6.03 Å². The van der Waals surface area contributed by atoms with Crippen LogP contribution in [-0.4, -0.2) is 26.5 Å². The van der Waals surface area contributed by atoms with Gasteiger partial charge in [-0.2, -0.15) is 0 Å². The van der Waals surface area contributed by atoms with Gasteiger partial charge in [0.1, 0.15) is 0 Å². The fraction of sp³-hybridized carbons (Fsp3) is 0.0667. The van der Waals surface area contributed by atoms with Crippen molar-refractivity contribution >= 4 is 23.3 Å². The molecule has 0 aliphatic rings. The third kappa shape index (κ3) is 3.26. The number of carbonyl (C=O) groups excluding carboxylic acids is 2. The Kier molecular flexibility index (Phi) is 3.88. The van der Waals surface area contributed by atoms with E-state index in [2.05, 4.69) is 20.8 Å². The van der Waals surface area contributed by atoms with Crippen molar-refractivity contribution in [2.24, 2.45) is 5.73 Å². The summed E-state index contributed by atoms with van der Waals surface area (Å²) in [5.74, 6) is 0.339. The number of aromatic nitrogens is 3. The predicted molar refractivity (Wildman–Crippen MR) is 83.8 cm³/mol. The molecule has 23 heavy (non-hydrogen) atoms. The number of rotatable bonds is 4. The molecule has 1 aromatic carbocycles. The molecule has 0 atom stereocenters. The van der Waals surface area contributed by atoms with Crippen LogP contribution in [-0.2, 0) is 6.54 Å². The van der Waals surface area contributed by atoms with Crippen molar-refractivity contribution in [3.8, 4) is 0 Å². The molecule has 2 aromatic heterocycles. The number of urea groups is 1. The van der Waals surface area contributed by atoms with E-state index in [-0.39, 0.29) is 12.5 Å². The molecular formula is C15H14N6O2. The summed E-state index contributed by atoms with van der Waals surface area (Å²) in [6, 6.07) is 11.4. The van der Waals surface area contributed by atoms with Gasteiger partial charge < -0.3 is 16.4 Å². The Morgan fingerprint density at radius 3 is 2.83 bits per heavy atom. The molecule has 0 saturated carbocycles. The van der Waals surface area contributed by atoms with E-state index in [1.165, 1.54) is 0 Å². The maximum absolute atomic E-state index is 12.2. The number of nitrogens with zero attached hydrogens (tertiary/aromatic N) is 3. The average Bonchev–Trinajstić information content (AvgIpc) is 2.95. The van der Waals surface area contributed by atoms with E-state index in [9.17, 15) is 9.59 Å². The van der Waals surface area contributed by atoms with Crippen LogP contribution in [0.15, 0.2) is 48.7 Å². The topological polar surface area (TPSA) is 114 Å². The first-order valence-electron chi connectivity index (χ1n) is 6.87. The predicted octanol–water partition coefficient (Wildman–Crippen LogP) is 1.15. The Hall–Kier alpha value is -3.42. The largest absolute Gasteiger partial charge is 0.351 e. The zero-order valence-corrected chi connectivity index (χ0v) is 12.1. The molecule has 0 spiro atoms. The summed E-state index contributed by atoms with van der Waals surface area (Å²) in [7, 11) is 0. The number of pyridine rings is 1. The van der Waals surface area contributed by atoms with E-state index in [0.29, 0.717) is 22.7 Å². The van der Waals surface area contributed by atoms with Gasteiger partial charge in [0.2, 0.25) is 0 Å². The van der Waals surface area contributed by atoms with Crippen molar-refractivity contribution in [2.75, 3.05) is 5.32 Å². The van der Waals surface area contributed by atoms with Gasteiger partial charge in [-0.3, -0.25) is 9.20 Å². The molecule has 0 radical (unpaired) electrons. The lowest BCUT2D eigenvalue weighted by atomic mass is 10.2. The highest BCUT2D eigenvalue weighted by Crippen LogP contribution is 2.10. The maximum atomic E-state index is 12.2. The molecule has 8 nitrogen and oxygen atoms in total. The van der Waals surface area contributed by atoms with Crippen LogP contribution in [0.3, 0.4) is 0 Å². The van der Waals surface area contributed by atoms with E-state index in [0.717, 1.165) is 0 Å². The Balaban J connectivity index is 1.71. The number of hydrogen-bond donors (Lipinski definition) is 3. The minimum atomic E-state index is -0.683. The van der Waals surface area contributed by atoms with Gasteiger partial charge in [0.05, 0.1) is 6.54 Å². The Labute approximate surface area is 131 Å². The quantitative estimate of drug-likeness (QED) is 0.670. The van der Waals surface area contributed by atoms with Crippen LogP contribution in [0.1, 0.15) is 16.2 Å². The van der Waals surface area contributed by atoms with Crippen molar-refractivity contribution in [2.45, 2.75) is 6.54 Å². The molecule has 0 aliphatic heterocycles. The van der Waals surface area contributed by atoms with Crippen LogP contribution >= 0.6 is 0 Å². The standard InChI is InChI=1S/C15H14N6O2/c16-15(23)18-11-5-3-4-10(8-11)14(22)17-9-13-20-19-12-6-1-2-7-21(12)13/h1-8H,9H2,(H,17,22)(H3,16,18,23). The Morgan fingerprint density at radius 2 is 2.00 bits per heavy atom. The van der Waals surface area contributed by atoms with Crippen molar-refractivity contribution < 1.29 is 9.59 Å². The highest BCUT2D eigenvalue weighted by atomic mass is 16.2. The average molecular weight is 310 g/mol. The van der Waals surface area contributed by atoms with Gasteiger partial charge in [0.15, 0.2) is 11.5 Å². The fourth-order valence-corrected chi connectivity index (χ4v) is 2.15. The molecule has 0 aliphatic carbocycles. The summed E-state index contributed by atoms with van der Waals surface area (Å²) in [6.45, 7) is 0.234. The summed E-state index contributed by atoms with van der Waals surface area (Å²) in [5, 5.41) is 13.3. The molecule has 3 amide bonds. The first kappa shape index (κ1) is 14.5. The number of carbonyl (C=O) groups is 2. The van der Waals surface area contributed by atoms with E-state index in [1.807, 2.05) is 24.4 Å². The molecule has 3 rings (SSSR count). The highest BCUT2D eigenvalue weighted by Gasteiger charge is 2.09. The van der Waals surface area contributed by atoms with Crippen LogP contribution in [0.2, 0.25) is 0 Å². The van der Waals surface area contributed by atoms with Crippen molar-refractivity contribution in [1.29, 1.82) is 0 Å². The van der Waals surface area contributed by atoms with Crippen LogP contribution in [0, 0.1) is 0 Å². The molecule has 0 saturated heterocycles. The zero-order valence-electron chi connectivity index (χ0n) is 12.1. The third-order valence-corrected chi connectivity index (χ3v) is 3.18. The lowest BCUT2D eigenvalue weighted by Crippen LogP contribution is -2.24. The number of fused-ring (bicyclic) bond motifs is 1. The molecule has 0 unspecified atom stereocenters. The van der Waals surface area contributed by atoms with Crippen LogP contribution in [0.5, 0.6) is 0 Å². The third-order valence-electron chi connectivity index (χ3n) is 3.18. The van der Waals surface area contributed by atoms with Gasteiger partial charge in [-0.05, 0) is 30.3 Å². The van der Waals surface area contributed by atoms with E-state index in [4.69, 9.17) is 5.73 Å². The number of nitrogens with two attached hydrogens (primary N) is 1. The lowest BCUT2D eigenvalue weighted by molar-refractivity contribution is 0.0949. The summed E-state index contributed by atoms with van der Waals surface area (Å²) in [5.41, 5.74) is 6.63. The second-order valence-electron chi connectivity index (χ2n) is 4.80. The summed E-state index contributed by atoms with van der Waals surface area (Å²) < 4.78 is 1.80. The summed E-state index contributed by atoms with van der Waals surface area (Å²) in [6.07, 6.45) is 1.83. The van der Waals surface area contributed by atoms with E-state index in [1.54, 1.807) is 28.7 Å². The SMILES string of the molecule is NC(=O)Nc1cccc(C(=O)NCc2nnc3ccccn23)c1. The smallest absolute Gasteiger partial charge is 0.316 e. The molecule has 0 fully saturated rings. The minimum absolute atomic E-state index is 0.234. The normalized spacial score (nSPS) is 10.4. The molecule has 8 heteroatoms. The van der Waals surface area contributed by atoms with Crippen molar-refractivity contribution in [3.05, 3.63) is 60.0 Å². The number of nitrogens with one attached hydrogen (secondary N) is 2. The van der Waals surface area contributed by atoms with Crippen LogP contribution in [0.4, 0.5) is 10.5 Å². The minimum Gasteiger partial charge on any atom is -0.351 e. The van der Waals surface area contributed by atoms with Crippen molar-refractivity contribution in [1.82, 2.24) is 19.9 Å². The second kappa shape index (κ2) is 6.14. The van der Waals surface area contributed by atoms with Gasteiger partial charge in [-0.1, -0.05) is 12.1 Å². The van der Waals surface area contributed by atoms with Gasteiger partial charge in [-0.15, -0.1) is 10.2 Å². The maximum Gasteiger partial charge on any atom is 0.316 e. The van der Waals surface area contributed by atoms with Gasteiger partial charge in [0, 0.05) is 17.4 Å². The molecule has 3 aromatic rings. The summed E-state index contributed by atoms with van der Waals surface area (Å²) >= 11 is 0. The zero-order chi connectivity index (χ0) is 16.2. The second-order valence-corrected chi connectivity index (χ2v) is 4.80. The molecule has 4 N–H and O–H groups in total. The van der Waals surface area contributed by atoms with Gasteiger partial charge in [-0.25, -0.2) is 4.79 Å². The summed E-state index contributed by atoms with van der Waals surface area (Å²) in [4.78, 5) is 23.0. The lowest BCUT2D eigenvalue weighted by Gasteiger charge is -2.06. The molecule has 2 heterocycles. The van der Waals surface area contributed by atoms with Crippen LogP contribution in [0.25, 0.3) is 5.65 Å². The Bertz CT molecular complexity index is 873. The monoisotopic (exact) mass is 310 g/mol. The fourth-order valence-electron chi connectivity index (χ4n) is 2.15. The number of hydrogen-bond acceptors (Lipinski definition) is 4. The van der Waals surface area contributed by atoms with Crippen molar-refractivity contribution in [3.63, 3.8) is 0 Å². The van der Waals surface area contributed by atoms with Gasteiger partial charge >= 0.3 is 6.03 Å². The number of anilines is 1. The number of amides is 3. The van der Waals surface area contributed by atoms with E-state index >= 15 is 0 Å². The van der Waals surface area contributed by atoms with Gasteiger partial charge in [0.25, 0.3) is 5.91 Å². The van der Waals surface area contributed by atoms with Crippen LogP contribution < -0.4 is 16.4 Å². The highest BCUT2D eigenvalue weighted by molar-refractivity contribution is 5.96. The molecular weight excluding hydrogens is 296 g/mol. The number of primary amides is 1. The first-order valence-corrected chi connectivity index (χ1v) is 6.87. The Morgan fingerprint density at radius 1 is 1.13 bits per heavy atom. The number of benzene rings is 1. The molecule has 116 valence electrons. The first-order chi connectivity index (χ1) is 11.1. The molecule has 0 bridgehead atoms.